The molecule has 0 spiro atoms. The van der Waals surface area contributed by atoms with Crippen molar-refractivity contribution in [3.8, 4) is 0 Å². The molecule has 1 aliphatic carbocycles. The van der Waals surface area contributed by atoms with Crippen LogP contribution in [0.25, 0.3) is 0 Å². The molecule has 27 heavy (non-hydrogen) atoms. The summed E-state index contributed by atoms with van der Waals surface area (Å²) in [5.74, 6) is -2.15. The van der Waals surface area contributed by atoms with Gasteiger partial charge in [0.05, 0.1) is 31.0 Å². The van der Waals surface area contributed by atoms with Crippen LogP contribution in [0.5, 0.6) is 0 Å². The number of halogens is 2. The molecule has 0 aromatic heterocycles. The fraction of sp³-hybridized carbons (Fsp3) is 0.556. The molecule has 0 radical (unpaired) electrons. The van der Waals surface area contributed by atoms with Gasteiger partial charge in [-0.2, -0.15) is 0 Å². The van der Waals surface area contributed by atoms with Crippen LogP contribution in [0.3, 0.4) is 0 Å². The van der Waals surface area contributed by atoms with Gasteiger partial charge in [-0.25, -0.2) is 13.6 Å². The van der Waals surface area contributed by atoms with Crippen molar-refractivity contribution in [3.05, 3.63) is 29.3 Å². The largest absolute Gasteiger partial charge is 0.442 e. The maximum absolute atomic E-state index is 14.6. The standard InChI is InChI=1S/C18H22F2N2O5/c1-9(23)21-7-11-8-22(18(26)27-11)15-6-13(19)12(5-14(15)20)10-2-3-16(24)17(25)4-10/h5-6,10-11,16-17,24-25H,2-4,7-8H2,1H3,(H,21,23)/t10?,11-,16?,17?/m0/s1. The van der Waals surface area contributed by atoms with E-state index in [0.29, 0.717) is 12.8 Å². The summed E-state index contributed by atoms with van der Waals surface area (Å²) in [5.41, 5.74) is -0.118. The van der Waals surface area contributed by atoms with Gasteiger partial charge in [-0.3, -0.25) is 9.69 Å². The lowest BCUT2D eigenvalue weighted by Crippen LogP contribution is -2.34. The molecule has 1 aliphatic heterocycles. The molecule has 1 aromatic carbocycles. The minimum absolute atomic E-state index is 0.0108. The number of amides is 2. The first-order valence-electron chi connectivity index (χ1n) is 8.84. The van der Waals surface area contributed by atoms with Gasteiger partial charge in [-0.05, 0) is 36.8 Å². The molecule has 2 amide bonds. The molecule has 9 heteroatoms. The lowest BCUT2D eigenvalue weighted by molar-refractivity contribution is -0.119. The number of nitrogens with zero attached hydrogens (tertiary/aromatic N) is 1. The zero-order valence-corrected chi connectivity index (χ0v) is 14.8. The van der Waals surface area contributed by atoms with Crippen molar-refractivity contribution in [2.45, 2.75) is 50.4 Å². The molecular weight excluding hydrogens is 362 g/mol. The average molecular weight is 384 g/mol. The minimum Gasteiger partial charge on any atom is -0.442 e. The normalized spacial score (nSPS) is 28.2. The number of hydrogen-bond acceptors (Lipinski definition) is 5. The van der Waals surface area contributed by atoms with Crippen LogP contribution in [-0.2, 0) is 9.53 Å². The fourth-order valence-corrected chi connectivity index (χ4v) is 3.57. The SMILES string of the molecule is CC(=O)NC[C@H]1CN(c2cc(F)c(C3CCC(O)C(O)C3)cc2F)C(=O)O1. The van der Waals surface area contributed by atoms with E-state index in [4.69, 9.17) is 4.74 Å². The number of carbonyl (C=O) groups is 2. The van der Waals surface area contributed by atoms with Gasteiger partial charge < -0.3 is 20.3 Å². The van der Waals surface area contributed by atoms with Gasteiger partial charge in [-0.1, -0.05) is 0 Å². The molecule has 2 fully saturated rings. The predicted octanol–water partition coefficient (Wildman–Crippen LogP) is 1.42. The van der Waals surface area contributed by atoms with Gasteiger partial charge in [-0.15, -0.1) is 0 Å². The van der Waals surface area contributed by atoms with Gasteiger partial charge in [0, 0.05) is 13.0 Å². The Morgan fingerprint density at radius 1 is 1.26 bits per heavy atom. The number of cyclic esters (lactones) is 1. The van der Waals surface area contributed by atoms with Crippen LogP contribution in [0.1, 0.15) is 37.7 Å². The number of anilines is 1. The number of carbonyl (C=O) groups excluding carboxylic acids is 2. The summed E-state index contributed by atoms with van der Waals surface area (Å²) >= 11 is 0. The third-order valence-electron chi connectivity index (χ3n) is 5.03. The monoisotopic (exact) mass is 384 g/mol. The number of benzene rings is 1. The smallest absolute Gasteiger partial charge is 0.414 e. The molecule has 2 aliphatic rings. The molecule has 1 heterocycles. The van der Waals surface area contributed by atoms with E-state index in [0.717, 1.165) is 17.0 Å². The highest BCUT2D eigenvalue weighted by Gasteiger charge is 2.36. The Kier molecular flexibility index (Phi) is 5.61. The van der Waals surface area contributed by atoms with Crippen LogP contribution in [-0.4, -0.2) is 53.6 Å². The molecule has 1 saturated heterocycles. The molecule has 3 rings (SSSR count). The minimum atomic E-state index is -0.978. The van der Waals surface area contributed by atoms with E-state index < -0.39 is 42.0 Å². The number of rotatable bonds is 4. The van der Waals surface area contributed by atoms with Crippen LogP contribution in [0, 0.1) is 11.6 Å². The lowest BCUT2D eigenvalue weighted by Gasteiger charge is -2.30. The second-order valence-corrected chi connectivity index (χ2v) is 7.02. The number of aliphatic hydroxyl groups excluding tert-OH is 2. The molecule has 148 valence electrons. The van der Waals surface area contributed by atoms with Crippen molar-refractivity contribution in [2.24, 2.45) is 0 Å². The first kappa shape index (κ1) is 19.5. The maximum Gasteiger partial charge on any atom is 0.414 e. The van der Waals surface area contributed by atoms with Gasteiger partial charge >= 0.3 is 6.09 Å². The molecule has 4 atom stereocenters. The molecule has 1 saturated carbocycles. The Hall–Kier alpha value is -2.26. The Bertz CT molecular complexity index is 745. The van der Waals surface area contributed by atoms with Crippen molar-refractivity contribution in [2.75, 3.05) is 18.0 Å². The zero-order valence-electron chi connectivity index (χ0n) is 14.8. The van der Waals surface area contributed by atoms with Crippen molar-refractivity contribution >= 4 is 17.7 Å². The quantitative estimate of drug-likeness (QED) is 0.729. The van der Waals surface area contributed by atoms with E-state index in [1.54, 1.807) is 0 Å². The lowest BCUT2D eigenvalue weighted by atomic mass is 9.81. The number of aliphatic hydroxyl groups is 2. The van der Waals surface area contributed by atoms with Crippen LogP contribution in [0.4, 0.5) is 19.3 Å². The Labute approximate surface area is 154 Å². The van der Waals surface area contributed by atoms with E-state index in [9.17, 15) is 28.6 Å². The first-order chi connectivity index (χ1) is 12.8. The highest BCUT2D eigenvalue weighted by molar-refractivity contribution is 5.90. The molecule has 0 bridgehead atoms. The van der Waals surface area contributed by atoms with Gasteiger partial charge in [0.25, 0.3) is 0 Å². The van der Waals surface area contributed by atoms with Crippen molar-refractivity contribution in [1.29, 1.82) is 0 Å². The molecule has 1 aromatic rings. The van der Waals surface area contributed by atoms with Crippen LogP contribution >= 0.6 is 0 Å². The van der Waals surface area contributed by atoms with E-state index >= 15 is 0 Å². The predicted molar refractivity (Wildman–Crippen MR) is 91.3 cm³/mol. The molecular formula is C18H22F2N2O5. The molecule has 3 N–H and O–H groups in total. The summed E-state index contributed by atoms with van der Waals surface area (Å²) in [6, 6.07) is 1.98. The van der Waals surface area contributed by atoms with Gasteiger partial charge in [0.1, 0.15) is 17.7 Å². The van der Waals surface area contributed by atoms with Gasteiger partial charge in [0.2, 0.25) is 5.91 Å². The highest BCUT2D eigenvalue weighted by Crippen LogP contribution is 2.37. The summed E-state index contributed by atoms with van der Waals surface area (Å²) in [6.45, 7) is 1.40. The maximum atomic E-state index is 14.6. The second kappa shape index (κ2) is 7.77. The summed E-state index contributed by atoms with van der Waals surface area (Å²) in [7, 11) is 0. The van der Waals surface area contributed by atoms with Gasteiger partial charge in [0.15, 0.2) is 0 Å². The Balaban J connectivity index is 1.77. The van der Waals surface area contributed by atoms with Crippen molar-refractivity contribution in [3.63, 3.8) is 0 Å². The Morgan fingerprint density at radius 3 is 2.67 bits per heavy atom. The van der Waals surface area contributed by atoms with Crippen LogP contribution in [0.2, 0.25) is 0 Å². The average Bonchev–Trinajstić information content (AvgIpc) is 2.98. The first-order valence-corrected chi connectivity index (χ1v) is 8.84. The van der Waals surface area contributed by atoms with E-state index in [2.05, 4.69) is 5.32 Å². The van der Waals surface area contributed by atoms with E-state index in [1.165, 1.54) is 6.92 Å². The van der Waals surface area contributed by atoms with E-state index in [1.807, 2.05) is 0 Å². The molecule has 3 unspecified atom stereocenters. The number of ether oxygens (including phenoxy) is 1. The summed E-state index contributed by atoms with van der Waals surface area (Å²) in [4.78, 5) is 23.9. The summed E-state index contributed by atoms with van der Waals surface area (Å²) < 4.78 is 34.3. The molecule has 7 nitrogen and oxygen atoms in total. The van der Waals surface area contributed by atoms with Crippen molar-refractivity contribution in [1.82, 2.24) is 5.32 Å². The topological polar surface area (TPSA) is 99.1 Å². The number of hydrogen-bond donors (Lipinski definition) is 3. The van der Waals surface area contributed by atoms with E-state index in [-0.39, 0.29) is 36.7 Å². The zero-order chi connectivity index (χ0) is 19.7. The fourth-order valence-electron chi connectivity index (χ4n) is 3.57. The summed E-state index contributed by atoms with van der Waals surface area (Å²) in [6.07, 6.45) is -2.42. The van der Waals surface area contributed by atoms with Crippen LogP contribution in [0.15, 0.2) is 12.1 Å². The number of nitrogens with one attached hydrogen (secondary N) is 1. The Morgan fingerprint density at radius 2 is 2.00 bits per heavy atom. The van der Waals surface area contributed by atoms with Crippen LogP contribution < -0.4 is 10.2 Å². The second-order valence-electron chi connectivity index (χ2n) is 7.02. The summed E-state index contributed by atoms with van der Waals surface area (Å²) in [5, 5.41) is 21.9. The van der Waals surface area contributed by atoms with Crippen molar-refractivity contribution < 1.29 is 33.3 Å². The highest BCUT2D eigenvalue weighted by atomic mass is 19.1. The third-order valence-corrected chi connectivity index (χ3v) is 5.03. The third kappa shape index (κ3) is 4.19.